The first-order chi connectivity index (χ1) is 14.2. The van der Waals surface area contributed by atoms with Gasteiger partial charge in [0, 0.05) is 34.1 Å². The highest BCUT2D eigenvalue weighted by atomic mass is 35.5. The predicted octanol–water partition coefficient (Wildman–Crippen LogP) is 6.18. The molecule has 0 amide bonds. The number of benzene rings is 2. The van der Waals surface area contributed by atoms with Crippen LogP contribution in [0.4, 0.5) is 5.13 Å². The smallest absolute Gasteiger partial charge is 0.185 e. The number of anilines is 1. The van der Waals surface area contributed by atoms with Crippen LogP contribution in [0.5, 0.6) is 0 Å². The summed E-state index contributed by atoms with van der Waals surface area (Å²) in [6.45, 7) is 5.47. The maximum atomic E-state index is 13.0. The zero-order valence-corrected chi connectivity index (χ0v) is 19.9. The van der Waals surface area contributed by atoms with Crippen LogP contribution in [0.2, 0.25) is 10.0 Å². The number of aromatic nitrogens is 1. The first kappa shape index (κ1) is 21.6. The Labute approximate surface area is 191 Å². The highest BCUT2D eigenvalue weighted by Crippen LogP contribution is 2.34. The normalized spacial score (nSPS) is 15.5. The van der Waals surface area contributed by atoms with Crippen LogP contribution in [0.25, 0.3) is 11.3 Å². The first-order valence-electron chi connectivity index (χ1n) is 9.72. The Morgan fingerprint density at radius 3 is 2.37 bits per heavy atom. The Morgan fingerprint density at radius 1 is 1.03 bits per heavy atom. The Morgan fingerprint density at radius 2 is 1.70 bits per heavy atom. The van der Waals surface area contributed by atoms with Gasteiger partial charge in [-0.25, -0.2) is 13.4 Å². The number of nitrogens with zero attached hydrogens (tertiary/aromatic N) is 2. The number of piperidine rings is 1. The lowest BCUT2D eigenvalue weighted by molar-refractivity contribution is 0.529. The monoisotopic (exact) mass is 480 g/mol. The van der Waals surface area contributed by atoms with Crippen LogP contribution in [-0.2, 0) is 9.84 Å². The summed E-state index contributed by atoms with van der Waals surface area (Å²) in [5, 5.41) is 3.24. The molecule has 0 atom stereocenters. The van der Waals surface area contributed by atoms with Gasteiger partial charge in [-0.3, -0.25) is 0 Å². The summed E-state index contributed by atoms with van der Waals surface area (Å²) in [5.74, 6) is 0. The highest BCUT2D eigenvalue weighted by molar-refractivity contribution is 7.92. The second kappa shape index (κ2) is 8.50. The second-order valence-electron chi connectivity index (χ2n) is 7.67. The molecule has 2 aromatic carbocycles. The summed E-state index contributed by atoms with van der Waals surface area (Å²) in [4.78, 5) is 7.21. The SMILES string of the molecule is Cc1ccc(C)c(-c2csc(N3CCC(S(=O)(=O)c4cc(Cl)cc(Cl)c4)CC3)n2)c1. The molecule has 4 nitrogen and oxygen atoms in total. The first-order valence-corrected chi connectivity index (χ1v) is 12.9. The van der Waals surface area contributed by atoms with Crippen LogP contribution in [0.3, 0.4) is 0 Å². The van der Waals surface area contributed by atoms with E-state index in [4.69, 9.17) is 28.2 Å². The number of thiazole rings is 1. The molecule has 1 fully saturated rings. The maximum absolute atomic E-state index is 13.0. The van der Waals surface area contributed by atoms with E-state index in [-0.39, 0.29) is 4.90 Å². The van der Waals surface area contributed by atoms with Crippen LogP contribution in [0, 0.1) is 13.8 Å². The molecule has 0 saturated carbocycles. The average molecular weight is 481 g/mol. The van der Waals surface area contributed by atoms with Crippen LogP contribution < -0.4 is 4.90 Å². The molecule has 1 saturated heterocycles. The molecule has 4 rings (SSSR count). The van der Waals surface area contributed by atoms with E-state index in [1.165, 1.54) is 23.3 Å². The lowest BCUT2D eigenvalue weighted by atomic mass is 10.0. The molecule has 0 aliphatic carbocycles. The van der Waals surface area contributed by atoms with Crippen LogP contribution >= 0.6 is 34.5 Å². The number of hydrogen-bond donors (Lipinski definition) is 0. The molecule has 0 spiro atoms. The van der Waals surface area contributed by atoms with E-state index in [1.807, 2.05) is 0 Å². The van der Waals surface area contributed by atoms with Gasteiger partial charge in [0.25, 0.3) is 0 Å². The van der Waals surface area contributed by atoms with Gasteiger partial charge in [-0.1, -0.05) is 40.9 Å². The van der Waals surface area contributed by atoms with Gasteiger partial charge >= 0.3 is 0 Å². The van der Waals surface area contributed by atoms with Gasteiger partial charge in [-0.2, -0.15) is 0 Å². The highest BCUT2D eigenvalue weighted by Gasteiger charge is 2.32. The summed E-state index contributed by atoms with van der Waals surface area (Å²) in [6, 6.07) is 10.9. The van der Waals surface area contributed by atoms with Crippen molar-refractivity contribution in [2.24, 2.45) is 0 Å². The Hall–Kier alpha value is -1.60. The third-order valence-electron chi connectivity index (χ3n) is 5.48. The molecular weight excluding hydrogens is 459 g/mol. The van der Waals surface area contributed by atoms with Crippen molar-refractivity contribution in [2.75, 3.05) is 18.0 Å². The molecule has 8 heteroatoms. The quantitative estimate of drug-likeness (QED) is 0.447. The van der Waals surface area contributed by atoms with Crippen LogP contribution in [0.15, 0.2) is 46.7 Å². The van der Waals surface area contributed by atoms with E-state index >= 15 is 0 Å². The van der Waals surface area contributed by atoms with Gasteiger partial charge in [0.15, 0.2) is 15.0 Å². The maximum Gasteiger partial charge on any atom is 0.185 e. The Kier molecular flexibility index (Phi) is 6.13. The molecule has 1 aliphatic heterocycles. The molecule has 1 aliphatic rings. The third-order valence-corrected chi connectivity index (χ3v) is 9.06. The van der Waals surface area contributed by atoms with Gasteiger partial charge < -0.3 is 4.90 Å². The van der Waals surface area contributed by atoms with Crippen molar-refractivity contribution in [3.8, 4) is 11.3 Å². The summed E-state index contributed by atoms with van der Waals surface area (Å²) in [7, 11) is -3.47. The summed E-state index contributed by atoms with van der Waals surface area (Å²) in [6.07, 6.45) is 1.09. The fourth-order valence-electron chi connectivity index (χ4n) is 3.79. The largest absolute Gasteiger partial charge is 0.348 e. The average Bonchev–Trinajstić information content (AvgIpc) is 3.19. The zero-order chi connectivity index (χ0) is 21.5. The fraction of sp³-hybridized carbons (Fsp3) is 0.318. The topological polar surface area (TPSA) is 50.3 Å². The zero-order valence-electron chi connectivity index (χ0n) is 16.7. The van der Waals surface area contributed by atoms with E-state index in [0.717, 1.165) is 16.4 Å². The van der Waals surface area contributed by atoms with E-state index in [0.29, 0.717) is 36.0 Å². The van der Waals surface area contributed by atoms with Crippen molar-refractivity contribution >= 4 is 49.5 Å². The lowest BCUT2D eigenvalue weighted by Crippen LogP contribution is -2.39. The van der Waals surface area contributed by atoms with Gasteiger partial charge in [0.05, 0.1) is 15.8 Å². The van der Waals surface area contributed by atoms with Gasteiger partial charge in [-0.05, 0) is 56.5 Å². The van der Waals surface area contributed by atoms with E-state index < -0.39 is 15.1 Å². The summed E-state index contributed by atoms with van der Waals surface area (Å²) >= 11 is 13.6. The van der Waals surface area contributed by atoms with Gasteiger partial charge in [-0.15, -0.1) is 11.3 Å². The minimum Gasteiger partial charge on any atom is -0.348 e. The number of halogens is 2. The molecule has 1 aromatic heterocycles. The van der Waals surface area contributed by atoms with E-state index in [1.54, 1.807) is 17.4 Å². The number of rotatable bonds is 4. The second-order valence-corrected chi connectivity index (χ2v) is 11.6. The molecule has 0 radical (unpaired) electrons. The van der Waals surface area contributed by atoms with E-state index in [2.05, 4.69) is 42.3 Å². The Bertz CT molecular complexity index is 1160. The standard InChI is InChI=1S/C22H22Cl2N2O2S2/c1-14-3-4-15(2)20(9-14)21-13-29-22(25-21)26-7-5-18(6-8-26)30(27,28)19-11-16(23)10-17(24)12-19/h3-4,9-13,18H,5-8H2,1-2H3. The molecule has 30 heavy (non-hydrogen) atoms. The van der Waals surface area contributed by atoms with Gasteiger partial charge in [0.2, 0.25) is 0 Å². The molecule has 0 unspecified atom stereocenters. The number of hydrogen-bond acceptors (Lipinski definition) is 5. The van der Waals surface area contributed by atoms with Crippen molar-refractivity contribution in [2.45, 2.75) is 36.8 Å². The molecule has 0 bridgehead atoms. The third kappa shape index (κ3) is 4.37. The van der Waals surface area contributed by atoms with E-state index in [9.17, 15) is 8.42 Å². The molecular formula is C22H22Cl2N2O2S2. The lowest BCUT2D eigenvalue weighted by Gasteiger charge is -2.31. The van der Waals surface area contributed by atoms with Crippen molar-refractivity contribution in [1.82, 2.24) is 4.98 Å². The summed E-state index contributed by atoms with van der Waals surface area (Å²) in [5.41, 5.74) is 4.52. The summed E-state index contributed by atoms with van der Waals surface area (Å²) < 4.78 is 26.1. The van der Waals surface area contributed by atoms with Crippen molar-refractivity contribution < 1.29 is 8.42 Å². The minimum atomic E-state index is -3.47. The van der Waals surface area contributed by atoms with Crippen molar-refractivity contribution in [1.29, 1.82) is 0 Å². The fourth-order valence-corrected chi connectivity index (χ4v) is 7.12. The van der Waals surface area contributed by atoms with Crippen molar-refractivity contribution in [3.63, 3.8) is 0 Å². The number of sulfone groups is 1. The van der Waals surface area contributed by atoms with Crippen molar-refractivity contribution in [3.05, 3.63) is 63.0 Å². The Balaban J connectivity index is 1.49. The van der Waals surface area contributed by atoms with Crippen LogP contribution in [0.1, 0.15) is 24.0 Å². The number of aryl methyl sites for hydroxylation is 2. The minimum absolute atomic E-state index is 0.199. The molecule has 2 heterocycles. The molecule has 158 valence electrons. The molecule has 0 N–H and O–H groups in total. The predicted molar refractivity (Wildman–Crippen MR) is 126 cm³/mol. The van der Waals surface area contributed by atoms with Crippen LogP contribution in [-0.4, -0.2) is 31.7 Å². The van der Waals surface area contributed by atoms with Gasteiger partial charge in [0.1, 0.15) is 0 Å². The molecule has 3 aromatic rings.